The first kappa shape index (κ1) is 59.7. The molecule has 31 heteroatoms. The minimum absolute atomic E-state index is 0.206. The van der Waals surface area contributed by atoms with E-state index in [4.69, 9.17) is 85.3 Å². The van der Waals surface area contributed by atoms with E-state index in [0.29, 0.717) is 0 Å². The highest BCUT2D eigenvalue weighted by Gasteiger charge is 2.63. The van der Waals surface area contributed by atoms with Crippen molar-refractivity contribution in [1.82, 2.24) is 0 Å². The van der Waals surface area contributed by atoms with Gasteiger partial charge in [-0.25, -0.2) is 9.59 Å². The summed E-state index contributed by atoms with van der Waals surface area (Å²) in [5, 5.41) is 11.2. The lowest BCUT2D eigenvalue weighted by atomic mass is 9.95. The van der Waals surface area contributed by atoms with Crippen molar-refractivity contribution in [1.29, 1.82) is 0 Å². The number of hydrogen-bond acceptors (Lipinski definition) is 30. The Kier molecular flexibility index (Phi) is 20.5. The molecule has 4 heterocycles. The average Bonchev–Trinajstić information content (AvgIpc) is 3.67. The lowest BCUT2D eigenvalue weighted by Crippen LogP contribution is -2.68. The molecule has 0 aliphatic carbocycles. The zero-order valence-electron chi connectivity index (χ0n) is 42.3. The Labute approximate surface area is 430 Å². The second-order valence-corrected chi connectivity index (χ2v) is 16.9. The molecule has 0 aromatic heterocycles. The number of esters is 9. The van der Waals surface area contributed by atoms with E-state index < -0.39 is 183 Å². The van der Waals surface area contributed by atoms with Gasteiger partial charge in [0.2, 0.25) is 0 Å². The molecular weight excluding hydrogens is 1030 g/mol. The number of carbonyl (C=O) groups excluding carboxylic acids is 10. The van der Waals surface area contributed by atoms with Gasteiger partial charge in [0.25, 0.3) is 11.5 Å². The van der Waals surface area contributed by atoms with Crippen LogP contribution in [0.5, 0.6) is 5.75 Å². The summed E-state index contributed by atoms with van der Waals surface area (Å²) in [5.41, 5.74) is -0.332. The molecule has 4 saturated heterocycles. The van der Waals surface area contributed by atoms with Crippen molar-refractivity contribution in [3.63, 3.8) is 0 Å². The van der Waals surface area contributed by atoms with Crippen molar-refractivity contribution in [2.24, 2.45) is 0 Å². The fourth-order valence-corrected chi connectivity index (χ4v) is 8.16. The van der Waals surface area contributed by atoms with Crippen LogP contribution in [0.2, 0.25) is 0 Å². The molecule has 0 unspecified atom stereocenters. The third-order valence-electron chi connectivity index (χ3n) is 10.9. The van der Waals surface area contributed by atoms with E-state index in [1.54, 1.807) is 0 Å². The number of nitro benzene ring substituents is 1. The average molecular weight is 1090 g/mol. The number of rotatable bonds is 19. The van der Waals surface area contributed by atoms with E-state index in [1.807, 2.05) is 0 Å². The smallest absolute Gasteiger partial charge is 0.465 e. The quantitative estimate of drug-likeness (QED) is 0.0582. The summed E-state index contributed by atoms with van der Waals surface area (Å²) in [5.74, 6) is -11.5. The van der Waals surface area contributed by atoms with Crippen LogP contribution in [0.15, 0.2) is 24.3 Å². The number of ether oxygens (including phenoxy) is 18. The molecule has 4 fully saturated rings. The topological polar surface area (TPSA) is 380 Å². The number of non-ortho nitro benzene ring substituents is 1. The van der Waals surface area contributed by atoms with Crippen molar-refractivity contribution in [3.05, 3.63) is 34.4 Å². The number of benzene rings is 1. The Morgan fingerprint density at radius 1 is 0.513 bits per heavy atom. The Morgan fingerprint density at radius 3 is 1.36 bits per heavy atom. The van der Waals surface area contributed by atoms with E-state index in [-0.39, 0.29) is 11.4 Å². The maximum atomic E-state index is 13.1. The molecule has 0 amide bonds. The van der Waals surface area contributed by atoms with E-state index >= 15 is 0 Å². The maximum absolute atomic E-state index is 13.1. The molecule has 16 atom stereocenters. The van der Waals surface area contributed by atoms with Gasteiger partial charge in [-0.15, -0.1) is 0 Å². The summed E-state index contributed by atoms with van der Waals surface area (Å²) in [6.07, 6.45) is -28.8. The summed E-state index contributed by atoms with van der Waals surface area (Å²) < 4.78 is 103. The number of nitro groups is 1. The third kappa shape index (κ3) is 15.7. The van der Waals surface area contributed by atoms with Gasteiger partial charge in [-0.3, -0.25) is 48.5 Å². The van der Waals surface area contributed by atoms with Crippen LogP contribution < -0.4 is 4.74 Å². The van der Waals surface area contributed by atoms with Crippen molar-refractivity contribution in [3.8, 4) is 5.75 Å². The van der Waals surface area contributed by atoms with E-state index in [1.165, 1.54) is 0 Å². The molecule has 5 rings (SSSR count). The fourth-order valence-electron chi connectivity index (χ4n) is 8.16. The van der Waals surface area contributed by atoms with E-state index in [9.17, 15) is 58.1 Å². The molecule has 0 radical (unpaired) electrons. The minimum atomic E-state index is -2.24. The number of fused-ring (bicyclic) bond motifs is 1. The first-order valence-electron chi connectivity index (χ1n) is 22.8. The molecule has 0 bridgehead atoms. The maximum Gasteiger partial charge on any atom is 0.513 e. The highest BCUT2D eigenvalue weighted by Crippen LogP contribution is 2.42. The number of methoxy groups -OCH3 is 1. The summed E-state index contributed by atoms with van der Waals surface area (Å²) >= 11 is 0. The molecule has 0 spiro atoms. The SMILES string of the molecule is COC(=O)[C@@]1(C)O[C@H]2O[C@H](COC(=O)Oc3ccc([N+](=O)[O-])cc3)[C@@H](O[C@@H]3O[C@H](COC(C)=O)[C@H](O[C@H]4O[C@H](COC(C)=O)[C@H](OC(C)=O)[C@H](OC(C)=O)[C@H]4OC(C)=O)[C@H](OC(C)=O)[C@H]3OC(C)=O)[C@H](OC(C)=O)[C@H]2O1. The summed E-state index contributed by atoms with van der Waals surface area (Å²) in [4.78, 5) is 138. The van der Waals surface area contributed by atoms with Crippen LogP contribution in [0.25, 0.3) is 0 Å². The first-order chi connectivity index (χ1) is 35.7. The fraction of sp³-hybridized carbons (Fsp3) is 0.644. The lowest BCUT2D eigenvalue weighted by molar-refractivity contribution is -0.384. The molecule has 1 aromatic carbocycles. The molecule has 4 aliphatic heterocycles. The van der Waals surface area contributed by atoms with Gasteiger partial charge in [0.15, 0.2) is 61.6 Å². The van der Waals surface area contributed by atoms with Crippen LogP contribution >= 0.6 is 0 Å². The van der Waals surface area contributed by atoms with Gasteiger partial charge in [0.1, 0.15) is 56.1 Å². The van der Waals surface area contributed by atoms with Gasteiger partial charge in [-0.2, -0.15) is 0 Å². The molecule has 0 saturated carbocycles. The highest BCUT2D eigenvalue weighted by atomic mass is 16.9. The second kappa shape index (κ2) is 26.1. The van der Waals surface area contributed by atoms with Crippen LogP contribution in [0.3, 0.4) is 0 Å². The van der Waals surface area contributed by atoms with Crippen LogP contribution in [-0.4, -0.2) is 190 Å². The van der Waals surface area contributed by atoms with Gasteiger partial charge < -0.3 is 85.3 Å². The molecule has 76 heavy (non-hydrogen) atoms. The van der Waals surface area contributed by atoms with Crippen molar-refractivity contribution in [2.45, 2.75) is 160 Å². The predicted molar refractivity (Wildman–Crippen MR) is 234 cm³/mol. The number of hydrogen-bond donors (Lipinski definition) is 0. The van der Waals surface area contributed by atoms with Gasteiger partial charge in [-0.05, 0) is 12.1 Å². The van der Waals surface area contributed by atoms with Gasteiger partial charge in [0, 0.05) is 74.4 Å². The van der Waals surface area contributed by atoms with Crippen LogP contribution in [0, 0.1) is 10.1 Å². The van der Waals surface area contributed by atoms with Crippen LogP contribution in [0.4, 0.5) is 10.5 Å². The van der Waals surface area contributed by atoms with Gasteiger partial charge in [0.05, 0.1) is 12.0 Å². The van der Waals surface area contributed by atoms with Crippen molar-refractivity contribution < 1.29 is 138 Å². The molecule has 4 aliphatic rings. The normalized spacial score (nSPS) is 31.6. The Bertz CT molecular complexity index is 2340. The largest absolute Gasteiger partial charge is 0.513 e. The number of carbonyl (C=O) groups is 10. The molecule has 0 N–H and O–H groups in total. The predicted octanol–water partition coefficient (Wildman–Crippen LogP) is 0.0763. The second-order valence-electron chi connectivity index (χ2n) is 16.9. The summed E-state index contributed by atoms with van der Waals surface area (Å²) in [6, 6.07) is 4.26. The zero-order valence-corrected chi connectivity index (χ0v) is 42.3. The molecule has 1 aromatic rings. The summed E-state index contributed by atoms with van der Waals surface area (Å²) in [7, 11) is 1.01. The molecular formula is C45H55NO30. The zero-order chi connectivity index (χ0) is 56.3. The van der Waals surface area contributed by atoms with E-state index in [2.05, 4.69) is 0 Å². The molecule has 420 valence electrons. The van der Waals surface area contributed by atoms with Crippen molar-refractivity contribution >= 4 is 65.6 Å². The van der Waals surface area contributed by atoms with E-state index in [0.717, 1.165) is 93.7 Å². The minimum Gasteiger partial charge on any atom is -0.465 e. The Morgan fingerprint density at radius 2 is 0.908 bits per heavy atom. The Balaban J connectivity index is 1.62. The van der Waals surface area contributed by atoms with Gasteiger partial charge in [-0.1, -0.05) is 0 Å². The standard InChI is InChI=1S/C45H55NO30/c1-18(47)60-15-28-31(63-20(3)49)34(64-21(4)50)37(67-24(7)53)40(70-28)73-32-29(16-61-19(2)48)71-41(38(68-25(8)54)35(32)65-22(5)51)74-33-30(17-62-44(56)69-27-13-11-26(12-14-27)46(57)58)72-42-39(36(33)66-23(6)52)75-45(9,76-42)43(55)59-10/h11-14,28-42H,15-17H2,1-10H3/t28-,29-,30-,31+,32+,33-,34+,35+,36+,37-,38-,39-,40-,41+,42-,45-/m1/s1. The number of nitrogens with zero attached hydrogens (tertiary/aromatic N) is 1. The third-order valence-corrected chi connectivity index (χ3v) is 10.9. The highest BCUT2D eigenvalue weighted by molar-refractivity contribution is 5.77. The Hall–Kier alpha value is -7.16. The van der Waals surface area contributed by atoms with Crippen LogP contribution in [0.1, 0.15) is 62.3 Å². The molecule has 31 nitrogen and oxygen atoms in total. The summed E-state index contributed by atoms with van der Waals surface area (Å²) in [6.45, 7) is 6.43. The lowest BCUT2D eigenvalue weighted by Gasteiger charge is -2.50. The van der Waals surface area contributed by atoms with Crippen molar-refractivity contribution in [2.75, 3.05) is 26.9 Å². The van der Waals surface area contributed by atoms with Crippen LogP contribution in [-0.2, 0) is 124 Å². The first-order valence-corrected chi connectivity index (χ1v) is 22.8. The van der Waals surface area contributed by atoms with Gasteiger partial charge >= 0.3 is 59.9 Å². The monoisotopic (exact) mass is 1090 g/mol.